The monoisotopic (exact) mass is 459 g/mol. The van der Waals surface area contributed by atoms with Gasteiger partial charge in [0.25, 0.3) is 0 Å². The molecule has 4 heterocycles. The Kier molecular flexibility index (Phi) is 7.71. The summed E-state index contributed by atoms with van der Waals surface area (Å²) in [5.41, 5.74) is 2.50. The number of fused-ring (bicyclic) bond motifs is 1. The fourth-order valence-electron chi connectivity index (χ4n) is 4.40. The van der Waals surface area contributed by atoms with E-state index in [2.05, 4.69) is 5.10 Å². The van der Waals surface area contributed by atoms with Gasteiger partial charge in [0.2, 0.25) is 0 Å². The molecule has 168 valence electrons. The maximum atomic E-state index is 12.0. The SMILES string of the molecule is Cc1nn(C2CCCCO2)c2nc(-c3ccc(OC4CCCCO4)cc3)cc(C(=O)[O-])c12.[Na+]. The number of aromatic nitrogens is 3. The summed E-state index contributed by atoms with van der Waals surface area (Å²) in [6.07, 6.45) is 5.43. The molecule has 2 aliphatic rings. The van der Waals surface area contributed by atoms with E-state index in [9.17, 15) is 9.90 Å². The van der Waals surface area contributed by atoms with Crippen LogP contribution >= 0.6 is 0 Å². The molecule has 5 rings (SSSR count). The summed E-state index contributed by atoms with van der Waals surface area (Å²) in [5, 5.41) is 17.0. The van der Waals surface area contributed by atoms with E-state index in [4.69, 9.17) is 19.2 Å². The predicted molar refractivity (Wildman–Crippen MR) is 115 cm³/mol. The molecule has 1 aromatic carbocycles. The minimum Gasteiger partial charge on any atom is -0.545 e. The summed E-state index contributed by atoms with van der Waals surface area (Å²) in [7, 11) is 0. The third-order valence-corrected chi connectivity index (χ3v) is 6.04. The molecular formula is C24H26N3NaO5. The molecule has 0 N–H and O–H groups in total. The molecule has 0 aliphatic carbocycles. The van der Waals surface area contributed by atoms with Gasteiger partial charge >= 0.3 is 29.6 Å². The molecule has 2 unspecified atom stereocenters. The number of carbonyl (C=O) groups excluding carboxylic acids is 1. The number of hydrogen-bond donors (Lipinski definition) is 0. The number of hydrogen-bond acceptors (Lipinski definition) is 7. The number of ether oxygens (including phenoxy) is 3. The van der Waals surface area contributed by atoms with E-state index < -0.39 is 5.97 Å². The molecule has 2 saturated heterocycles. The molecule has 0 amide bonds. The quantitative estimate of drug-likeness (QED) is 0.509. The Morgan fingerprint density at radius 1 is 1.09 bits per heavy atom. The first-order chi connectivity index (χ1) is 15.6. The topological polar surface area (TPSA) is 98.5 Å². The predicted octanol–water partition coefficient (Wildman–Crippen LogP) is 0.379. The molecule has 9 heteroatoms. The molecule has 33 heavy (non-hydrogen) atoms. The van der Waals surface area contributed by atoms with Crippen molar-refractivity contribution in [3.05, 3.63) is 41.6 Å². The van der Waals surface area contributed by atoms with Crippen molar-refractivity contribution in [1.29, 1.82) is 0 Å². The van der Waals surface area contributed by atoms with Crippen LogP contribution in [0, 0.1) is 6.92 Å². The first-order valence-electron chi connectivity index (χ1n) is 11.2. The van der Waals surface area contributed by atoms with Crippen molar-refractivity contribution >= 4 is 17.0 Å². The fraction of sp³-hybridized carbons (Fsp3) is 0.458. The molecule has 2 aromatic heterocycles. The molecular weight excluding hydrogens is 433 g/mol. The Balaban J connectivity index is 0.00000259. The third-order valence-electron chi connectivity index (χ3n) is 6.04. The smallest absolute Gasteiger partial charge is 0.545 e. The normalized spacial score (nSPS) is 20.9. The molecule has 2 fully saturated rings. The van der Waals surface area contributed by atoms with Crippen molar-refractivity contribution in [2.75, 3.05) is 13.2 Å². The number of nitrogens with zero attached hydrogens (tertiary/aromatic N) is 3. The molecule has 2 aliphatic heterocycles. The summed E-state index contributed by atoms with van der Waals surface area (Å²) in [4.78, 5) is 16.8. The summed E-state index contributed by atoms with van der Waals surface area (Å²) in [6, 6.07) is 9.00. The van der Waals surface area contributed by atoms with Gasteiger partial charge in [-0.25, -0.2) is 9.67 Å². The minimum absolute atomic E-state index is 0. The van der Waals surface area contributed by atoms with Crippen LogP contribution in [0.25, 0.3) is 22.3 Å². The Bertz CT molecular complexity index is 1120. The Hall–Kier alpha value is -1.97. The first-order valence-corrected chi connectivity index (χ1v) is 11.2. The van der Waals surface area contributed by atoms with Gasteiger partial charge in [-0.05, 0) is 69.4 Å². The Morgan fingerprint density at radius 2 is 1.82 bits per heavy atom. The van der Waals surface area contributed by atoms with Gasteiger partial charge in [0.05, 0.1) is 29.4 Å². The molecule has 0 radical (unpaired) electrons. The van der Waals surface area contributed by atoms with Gasteiger partial charge in [-0.3, -0.25) is 0 Å². The zero-order valence-corrected chi connectivity index (χ0v) is 21.1. The van der Waals surface area contributed by atoms with Crippen LogP contribution in [0.15, 0.2) is 30.3 Å². The zero-order chi connectivity index (χ0) is 22.1. The fourth-order valence-corrected chi connectivity index (χ4v) is 4.40. The maximum Gasteiger partial charge on any atom is 1.00 e. The number of carboxylic acids is 1. The van der Waals surface area contributed by atoms with Gasteiger partial charge < -0.3 is 24.1 Å². The molecule has 0 bridgehead atoms. The summed E-state index contributed by atoms with van der Waals surface area (Å²) in [6.45, 7) is 3.16. The van der Waals surface area contributed by atoms with Crippen molar-refractivity contribution in [3.8, 4) is 17.0 Å². The average molecular weight is 459 g/mol. The first kappa shape index (κ1) is 24.2. The van der Waals surface area contributed by atoms with Gasteiger partial charge in [0.1, 0.15) is 5.75 Å². The second-order valence-electron chi connectivity index (χ2n) is 8.33. The maximum absolute atomic E-state index is 12.0. The van der Waals surface area contributed by atoms with E-state index >= 15 is 0 Å². The number of aryl methyl sites for hydroxylation is 1. The standard InChI is InChI=1S/C24H27N3O5.Na/c1-15-22-18(24(28)29)14-19(25-23(22)27(26-15)20-6-2-4-12-30-20)16-8-10-17(11-9-16)32-21-7-3-5-13-31-21;/h8-11,14,20-21H,2-7,12-13H2,1H3,(H,28,29);/q;+1/p-1. The third kappa shape index (κ3) is 5.10. The number of carboxylic acid groups (broad SMARTS) is 1. The molecule has 3 aromatic rings. The molecule has 2 atom stereocenters. The number of carbonyl (C=O) groups is 1. The Morgan fingerprint density at radius 3 is 2.45 bits per heavy atom. The van der Waals surface area contributed by atoms with Crippen molar-refractivity contribution in [3.63, 3.8) is 0 Å². The zero-order valence-electron chi connectivity index (χ0n) is 19.1. The van der Waals surface area contributed by atoms with Crippen LogP contribution < -0.4 is 39.4 Å². The molecule has 0 spiro atoms. The van der Waals surface area contributed by atoms with E-state index in [1.165, 1.54) is 0 Å². The van der Waals surface area contributed by atoms with Crippen molar-refractivity contribution in [1.82, 2.24) is 14.8 Å². The van der Waals surface area contributed by atoms with Crippen molar-refractivity contribution in [2.24, 2.45) is 0 Å². The molecule has 8 nitrogen and oxygen atoms in total. The van der Waals surface area contributed by atoms with Gasteiger partial charge in [-0.2, -0.15) is 5.10 Å². The van der Waals surface area contributed by atoms with Crippen molar-refractivity contribution in [2.45, 2.75) is 58.0 Å². The molecule has 0 saturated carbocycles. The largest absolute Gasteiger partial charge is 1.00 e. The van der Waals surface area contributed by atoms with Gasteiger partial charge in [-0.1, -0.05) is 0 Å². The van der Waals surface area contributed by atoms with Gasteiger partial charge in [0.15, 0.2) is 18.2 Å². The van der Waals surface area contributed by atoms with Gasteiger partial charge in [0, 0.05) is 24.2 Å². The van der Waals surface area contributed by atoms with Crippen LogP contribution in [0.5, 0.6) is 5.75 Å². The van der Waals surface area contributed by atoms with E-state index in [1.54, 1.807) is 17.7 Å². The summed E-state index contributed by atoms with van der Waals surface area (Å²) < 4.78 is 19.1. The number of pyridine rings is 1. The summed E-state index contributed by atoms with van der Waals surface area (Å²) >= 11 is 0. The van der Waals surface area contributed by atoms with Crippen LogP contribution in [0.1, 0.15) is 60.8 Å². The van der Waals surface area contributed by atoms with E-state index in [0.717, 1.165) is 50.7 Å². The number of benzene rings is 1. The van der Waals surface area contributed by atoms with E-state index in [1.807, 2.05) is 24.3 Å². The van der Waals surface area contributed by atoms with Gasteiger partial charge in [-0.15, -0.1) is 0 Å². The van der Waals surface area contributed by atoms with Crippen LogP contribution in [-0.4, -0.2) is 40.2 Å². The van der Waals surface area contributed by atoms with E-state index in [0.29, 0.717) is 34.8 Å². The number of rotatable bonds is 5. The second kappa shape index (κ2) is 10.5. The second-order valence-corrected chi connectivity index (χ2v) is 8.33. The van der Waals surface area contributed by atoms with Crippen LogP contribution in [0.2, 0.25) is 0 Å². The van der Waals surface area contributed by atoms with Crippen LogP contribution in [-0.2, 0) is 9.47 Å². The van der Waals surface area contributed by atoms with Crippen molar-refractivity contribution < 1.29 is 53.7 Å². The number of aromatic carboxylic acids is 1. The average Bonchev–Trinajstić information content (AvgIpc) is 3.16. The van der Waals surface area contributed by atoms with Crippen LogP contribution in [0.4, 0.5) is 0 Å². The van der Waals surface area contributed by atoms with E-state index in [-0.39, 0.29) is 47.6 Å². The minimum atomic E-state index is -1.25. The summed E-state index contributed by atoms with van der Waals surface area (Å²) in [5.74, 6) is -0.543. The van der Waals surface area contributed by atoms with Crippen LogP contribution in [0.3, 0.4) is 0 Å². The Labute approximate surface area is 214 Å².